The molecule has 3 rings (SSSR count). The summed E-state index contributed by atoms with van der Waals surface area (Å²) in [6, 6.07) is 5.05. The van der Waals surface area contributed by atoms with Gasteiger partial charge in [0, 0.05) is 17.7 Å². The van der Waals surface area contributed by atoms with Crippen LogP contribution in [0.5, 0.6) is 11.5 Å². The molecule has 6 nitrogen and oxygen atoms in total. The molecule has 1 aliphatic heterocycles. The molecule has 2 aliphatic rings. The molecule has 0 spiro atoms. The van der Waals surface area contributed by atoms with Gasteiger partial charge in [0.15, 0.2) is 11.5 Å². The van der Waals surface area contributed by atoms with E-state index in [0.717, 1.165) is 11.3 Å². The third-order valence-electron chi connectivity index (χ3n) is 4.08. The second kappa shape index (κ2) is 6.76. The van der Waals surface area contributed by atoms with Crippen LogP contribution in [0.3, 0.4) is 0 Å². The summed E-state index contributed by atoms with van der Waals surface area (Å²) in [5, 5.41) is 2.79. The van der Waals surface area contributed by atoms with Crippen LogP contribution in [0.1, 0.15) is 17.3 Å². The van der Waals surface area contributed by atoms with Crippen molar-refractivity contribution in [3.05, 3.63) is 59.3 Å². The number of benzene rings is 1. The number of methoxy groups -OCH3 is 2. The summed E-state index contributed by atoms with van der Waals surface area (Å²) in [6.07, 6.45) is 6.97. The lowest BCUT2D eigenvalue weighted by atomic mass is 9.89. The van der Waals surface area contributed by atoms with Crippen LogP contribution in [0.4, 0.5) is 0 Å². The summed E-state index contributed by atoms with van der Waals surface area (Å²) < 4.78 is 10.5. The molecule has 1 heterocycles. The lowest BCUT2D eigenvalue weighted by molar-refractivity contribution is -0.116. The van der Waals surface area contributed by atoms with Gasteiger partial charge in [-0.1, -0.05) is 17.7 Å². The van der Waals surface area contributed by atoms with E-state index in [2.05, 4.69) is 10.3 Å². The van der Waals surface area contributed by atoms with Crippen molar-refractivity contribution in [2.75, 3.05) is 14.2 Å². The van der Waals surface area contributed by atoms with Crippen molar-refractivity contribution in [3.8, 4) is 11.5 Å². The molecule has 1 aliphatic carbocycles. The largest absolute Gasteiger partial charge is 0.493 e. The molecule has 1 atom stereocenters. The Kier molecular flexibility index (Phi) is 4.52. The average molecular weight is 338 g/mol. The highest BCUT2D eigenvalue weighted by atomic mass is 16.5. The van der Waals surface area contributed by atoms with E-state index in [-0.39, 0.29) is 11.8 Å². The molecule has 1 unspecified atom stereocenters. The van der Waals surface area contributed by atoms with Crippen molar-refractivity contribution in [1.82, 2.24) is 5.32 Å². The number of aliphatic imine (C=N–C) groups is 1. The number of amides is 2. The average Bonchev–Trinajstić information content (AvgIpc) is 2.60. The van der Waals surface area contributed by atoms with Gasteiger partial charge in [-0.25, -0.2) is 4.99 Å². The van der Waals surface area contributed by atoms with Gasteiger partial charge >= 0.3 is 0 Å². The lowest BCUT2D eigenvalue weighted by Crippen LogP contribution is -2.32. The number of fused-ring (bicyclic) bond motifs is 1. The molecule has 6 heteroatoms. The van der Waals surface area contributed by atoms with E-state index in [9.17, 15) is 9.59 Å². The lowest BCUT2D eigenvalue weighted by Gasteiger charge is -2.25. The highest BCUT2D eigenvalue weighted by Gasteiger charge is 2.24. The summed E-state index contributed by atoms with van der Waals surface area (Å²) in [6.45, 7) is 1.90. The minimum Gasteiger partial charge on any atom is -0.493 e. The van der Waals surface area contributed by atoms with E-state index in [0.29, 0.717) is 22.8 Å². The fourth-order valence-electron chi connectivity index (χ4n) is 2.88. The van der Waals surface area contributed by atoms with Gasteiger partial charge in [0.1, 0.15) is 0 Å². The summed E-state index contributed by atoms with van der Waals surface area (Å²) in [5.74, 6) is 0.203. The second-order valence-corrected chi connectivity index (χ2v) is 5.70. The van der Waals surface area contributed by atoms with Crippen molar-refractivity contribution in [1.29, 1.82) is 0 Å². The smallest absolute Gasteiger partial charge is 0.281 e. The van der Waals surface area contributed by atoms with Gasteiger partial charge < -0.3 is 14.8 Å². The Balaban J connectivity index is 1.93. The zero-order valence-corrected chi connectivity index (χ0v) is 14.2. The molecule has 0 bridgehead atoms. The van der Waals surface area contributed by atoms with Gasteiger partial charge in [0.05, 0.1) is 25.5 Å². The highest BCUT2D eigenvalue weighted by Crippen LogP contribution is 2.31. The maximum atomic E-state index is 12.6. The van der Waals surface area contributed by atoms with Gasteiger partial charge in [0.25, 0.3) is 5.91 Å². The Bertz CT molecular complexity index is 862. The number of nitrogens with zero attached hydrogens (tertiary/aromatic N) is 1. The Hall–Kier alpha value is -3.15. The van der Waals surface area contributed by atoms with Gasteiger partial charge in [-0.2, -0.15) is 0 Å². The molecule has 0 radical (unpaired) electrons. The van der Waals surface area contributed by atoms with Gasteiger partial charge in [-0.05, 0) is 31.2 Å². The van der Waals surface area contributed by atoms with Gasteiger partial charge in [-0.15, -0.1) is 0 Å². The molecule has 0 saturated carbocycles. The van der Waals surface area contributed by atoms with Crippen LogP contribution >= 0.6 is 0 Å². The minimum atomic E-state index is -0.444. The zero-order chi connectivity index (χ0) is 18.0. The van der Waals surface area contributed by atoms with Crippen molar-refractivity contribution in [3.63, 3.8) is 0 Å². The van der Waals surface area contributed by atoms with Crippen LogP contribution in [0, 0.1) is 5.92 Å². The van der Waals surface area contributed by atoms with E-state index in [1.807, 2.05) is 13.0 Å². The number of carbonyl (C=O) groups excluding carboxylic acids is 2. The van der Waals surface area contributed by atoms with Crippen molar-refractivity contribution in [2.24, 2.45) is 10.9 Å². The number of para-hydroxylation sites is 1. The zero-order valence-electron chi connectivity index (χ0n) is 14.2. The van der Waals surface area contributed by atoms with E-state index in [4.69, 9.17) is 9.47 Å². The number of allylic oxidation sites excluding steroid dienone is 3. The molecule has 1 aromatic rings. The fourth-order valence-corrected chi connectivity index (χ4v) is 2.88. The van der Waals surface area contributed by atoms with Gasteiger partial charge in [-0.3, -0.25) is 9.59 Å². The molecule has 0 aromatic heterocycles. The topological polar surface area (TPSA) is 77.0 Å². The first-order valence-electron chi connectivity index (χ1n) is 7.76. The second-order valence-electron chi connectivity index (χ2n) is 5.70. The normalized spacial score (nSPS) is 20.4. The minimum absolute atomic E-state index is 0.0121. The number of ether oxygens (including phenoxy) is 2. The van der Waals surface area contributed by atoms with Crippen molar-refractivity contribution >= 4 is 17.5 Å². The van der Waals surface area contributed by atoms with Crippen molar-refractivity contribution in [2.45, 2.75) is 6.92 Å². The van der Waals surface area contributed by atoms with Crippen LogP contribution in [0.2, 0.25) is 0 Å². The summed E-state index contributed by atoms with van der Waals surface area (Å²) in [7, 11) is 2.98. The molecule has 1 aromatic carbocycles. The van der Waals surface area contributed by atoms with E-state index >= 15 is 0 Å². The SMILES string of the molecule is COc1cccc(C(=O)N=C2C=CC3C(C)=CC(=O)NC3=C2)c1OC. The third kappa shape index (κ3) is 3.24. The summed E-state index contributed by atoms with van der Waals surface area (Å²) >= 11 is 0. The molecule has 0 saturated heterocycles. The predicted molar refractivity (Wildman–Crippen MR) is 93.9 cm³/mol. The quantitative estimate of drug-likeness (QED) is 0.918. The number of carbonyl (C=O) groups is 2. The fraction of sp³-hybridized carbons (Fsp3) is 0.211. The molecule has 2 amide bonds. The van der Waals surface area contributed by atoms with E-state index in [1.165, 1.54) is 14.2 Å². The molecule has 25 heavy (non-hydrogen) atoms. The number of hydrogen-bond donors (Lipinski definition) is 1. The number of rotatable bonds is 3. The molecular weight excluding hydrogens is 320 g/mol. The van der Waals surface area contributed by atoms with Crippen LogP contribution < -0.4 is 14.8 Å². The standard InChI is InChI=1S/C19H18N2O4/c1-11-9-17(22)21-15-10-12(7-8-13(11)15)20-19(23)14-5-4-6-16(24-2)18(14)25-3/h4-10,13H,1-3H3,(H,21,22). The number of hydrogen-bond acceptors (Lipinski definition) is 4. The third-order valence-corrected chi connectivity index (χ3v) is 4.08. The first-order chi connectivity index (χ1) is 12.0. The van der Waals surface area contributed by atoms with Gasteiger partial charge in [0.2, 0.25) is 5.91 Å². The van der Waals surface area contributed by atoms with Crippen LogP contribution in [-0.2, 0) is 4.79 Å². The van der Waals surface area contributed by atoms with Crippen LogP contribution in [0.25, 0.3) is 0 Å². The Labute approximate surface area is 145 Å². The summed E-state index contributed by atoms with van der Waals surface area (Å²) in [4.78, 5) is 28.3. The van der Waals surface area contributed by atoms with Crippen LogP contribution in [0.15, 0.2) is 58.8 Å². The van der Waals surface area contributed by atoms with E-state index < -0.39 is 5.91 Å². The van der Waals surface area contributed by atoms with Crippen molar-refractivity contribution < 1.29 is 19.1 Å². The monoisotopic (exact) mass is 338 g/mol. The molecular formula is C19H18N2O4. The first kappa shape index (κ1) is 16.7. The number of nitrogens with one attached hydrogen (secondary N) is 1. The maximum absolute atomic E-state index is 12.6. The summed E-state index contributed by atoms with van der Waals surface area (Å²) in [5.41, 5.74) is 2.45. The molecule has 0 fully saturated rings. The molecule has 1 N–H and O–H groups in total. The highest BCUT2D eigenvalue weighted by molar-refractivity contribution is 6.14. The molecule has 128 valence electrons. The Morgan fingerprint density at radius 2 is 2.00 bits per heavy atom. The van der Waals surface area contributed by atoms with Crippen LogP contribution in [-0.4, -0.2) is 31.7 Å². The first-order valence-corrected chi connectivity index (χ1v) is 7.76. The maximum Gasteiger partial charge on any atom is 0.281 e. The predicted octanol–water partition coefficient (Wildman–Crippen LogP) is 2.43. The Morgan fingerprint density at radius 1 is 1.20 bits per heavy atom. The Morgan fingerprint density at radius 3 is 2.72 bits per heavy atom. The van der Waals surface area contributed by atoms with E-state index in [1.54, 1.807) is 36.4 Å².